The van der Waals surface area contributed by atoms with Gasteiger partial charge in [-0.2, -0.15) is 5.10 Å². The Morgan fingerprint density at radius 1 is 1.22 bits per heavy atom. The van der Waals surface area contributed by atoms with Crippen molar-refractivity contribution in [3.8, 4) is 0 Å². The van der Waals surface area contributed by atoms with Crippen LogP contribution in [0.4, 0.5) is 0 Å². The zero-order valence-corrected chi connectivity index (χ0v) is 13.6. The fourth-order valence-electron chi connectivity index (χ4n) is 2.33. The van der Waals surface area contributed by atoms with E-state index in [9.17, 15) is 9.59 Å². The Labute approximate surface area is 135 Å². The van der Waals surface area contributed by atoms with E-state index < -0.39 is 0 Å². The summed E-state index contributed by atoms with van der Waals surface area (Å²) in [5.41, 5.74) is 3.30. The van der Waals surface area contributed by atoms with Crippen molar-refractivity contribution < 1.29 is 14.3 Å². The van der Waals surface area contributed by atoms with Crippen molar-refractivity contribution in [3.63, 3.8) is 0 Å². The Bertz CT molecular complexity index is 730. The summed E-state index contributed by atoms with van der Waals surface area (Å²) in [6.07, 6.45) is 3.60. The summed E-state index contributed by atoms with van der Waals surface area (Å²) >= 11 is 0. The highest BCUT2D eigenvalue weighted by Gasteiger charge is 2.11. The first-order chi connectivity index (χ1) is 11.0. The number of ketones is 1. The Kier molecular flexibility index (Phi) is 5.46. The number of ether oxygens (including phenoxy) is 1. The van der Waals surface area contributed by atoms with E-state index in [4.69, 9.17) is 0 Å². The molecule has 0 bridgehead atoms. The molecule has 0 radical (unpaired) electrons. The molecule has 120 valence electrons. The van der Waals surface area contributed by atoms with E-state index >= 15 is 0 Å². The molecule has 0 unspecified atom stereocenters. The lowest BCUT2D eigenvalue weighted by atomic mass is 10.1. The van der Waals surface area contributed by atoms with Crippen LogP contribution in [0.25, 0.3) is 6.08 Å². The second kappa shape index (κ2) is 7.54. The second-order valence-electron chi connectivity index (χ2n) is 5.20. The molecule has 5 heteroatoms. The third-order valence-corrected chi connectivity index (χ3v) is 3.65. The minimum Gasteiger partial charge on any atom is -0.469 e. The second-order valence-corrected chi connectivity index (χ2v) is 5.20. The molecule has 5 nitrogen and oxygen atoms in total. The van der Waals surface area contributed by atoms with Gasteiger partial charge in [0.05, 0.1) is 25.8 Å². The molecular weight excluding hydrogens is 292 g/mol. The van der Waals surface area contributed by atoms with Crippen molar-refractivity contribution in [1.82, 2.24) is 9.78 Å². The van der Waals surface area contributed by atoms with E-state index in [0.717, 1.165) is 17.0 Å². The molecule has 0 saturated carbocycles. The van der Waals surface area contributed by atoms with Crippen LogP contribution in [0, 0.1) is 13.8 Å². The maximum atomic E-state index is 12.1. The molecular formula is C18H20N2O3. The van der Waals surface area contributed by atoms with Crippen molar-refractivity contribution in [2.75, 3.05) is 7.11 Å². The van der Waals surface area contributed by atoms with E-state index in [2.05, 4.69) is 9.84 Å². The predicted octanol–water partition coefficient (Wildman–Crippen LogP) is 2.96. The Morgan fingerprint density at radius 3 is 2.57 bits per heavy atom. The summed E-state index contributed by atoms with van der Waals surface area (Å²) in [4.78, 5) is 23.4. The summed E-state index contributed by atoms with van der Waals surface area (Å²) in [6, 6.07) is 9.11. The number of rotatable bonds is 6. The quantitative estimate of drug-likeness (QED) is 0.467. The van der Waals surface area contributed by atoms with E-state index in [0.29, 0.717) is 12.1 Å². The number of benzene rings is 1. The SMILES string of the molecule is COC(=O)CCn1nc(C)c(/C=C\C(=O)c2ccccc2)c1C. The number of allylic oxidation sites excluding steroid dienone is 1. The maximum Gasteiger partial charge on any atom is 0.307 e. The van der Waals surface area contributed by atoms with Crippen LogP contribution >= 0.6 is 0 Å². The molecule has 0 atom stereocenters. The molecule has 2 aromatic rings. The first kappa shape index (κ1) is 16.7. The van der Waals surface area contributed by atoms with Crippen LogP contribution in [0.1, 0.15) is 33.7 Å². The molecule has 0 amide bonds. The van der Waals surface area contributed by atoms with Crippen LogP contribution in [0.5, 0.6) is 0 Å². The van der Waals surface area contributed by atoms with Crippen LogP contribution in [0.15, 0.2) is 36.4 Å². The molecule has 2 rings (SSSR count). The monoisotopic (exact) mass is 312 g/mol. The van der Waals surface area contributed by atoms with Gasteiger partial charge in [-0.25, -0.2) is 0 Å². The average Bonchev–Trinajstić information content (AvgIpc) is 2.85. The van der Waals surface area contributed by atoms with Gasteiger partial charge >= 0.3 is 5.97 Å². The van der Waals surface area contributed by atoms with E-state index in [1.54, 1.807) is 29.0 Å². The van der Waals surface area contributed by atoms with Gasteiger partial charge in [0, 0.05) is 16.8 Å². The Balaban J connectivity index is 2.14. The lowest BCUT2D eigenvalue weighted by Gasteiger charge is -2.03. The maximum absolute atomic E-state index is 12.1. The van der Waals surface area contributed by atoms with Crippen molar-refractivity contribution in [2.24, 2.45) is 0 Å². The van der Waals surface area contributed by atoms with Crippen LogP contribution in [0.3, 0.4) is 0 Å². The topological polar surface area (TPSA) is 61.2 Å². The van der Waals surface area contributed by atoms with Crippen molar-refractivity contribution in [2.45, 2.75) is 26.8 Å². The summed E-state index contributed by atoms with van der Waals surface area (Å²) in [5.74, 6) is -0.319. The van der Waals surface area contributed by atoms with Crippen LogP contribution in [-0.4, -0.2) is 28.6 Å². The molecule has 0 fully saturated rings. The normalized spacial score (nSPS) is 10.9. The number of esters is 1. The molecule has 0 aliphatic heterocycles. The zero-order valence-electron chi connectivity index (χ0n) is 13.6. The summed E-state index contributed by atoms with van der Waals surface area (Å²) in [6.45, 7) is 4.26. The van der Waals surface area contributed by atoms with Gasteiger partial charge in [0.15, 0.2) is 5.78 Å². The molecule has 0 aliphatic carbocycles. The van der Waals surface area contributed by atoms with Crippen molar-refractivity contribution >= 4 is 17.8 Å². The smallest absolute Gasteiger partial charge is 0.307 e. The van der Waals surface area contributed by atoms with Crippen LogP contribution in [-0.2, 0) is 16.1 Å². The van der Waals surface area contributed by atoms with Gasteiger partial charge in [0.1, 0.15) is 0 Å². The summed E-state index contributed by atoms with van der Waals surface area (Å²) < 4.78 is 6.40. The fourth-order valence-corrected chi connectivity index (χ4v) is 2.33. The standard InChI is InChI=1S/C18H20N2O3/c1-13-16(9-10-17(21)15-7-5-4-6-8-15)14(2)20(19-13)12-11-18(22)23-3/h4-10H,11-12H2,1-3H3/b10-9-. The molecule has 1 aromatic heterocycles. The zero-order chi connectivity index (χ0) is 16.8. The van der Waals surface area contributed by atoms with E-state index in [1.807, 2.05) is 32.0 Å². The number of aromatic nitrogens is 2. The van der Waals surface area contributed by atoms with Gasteiger partial charge in [-0.1, -0.05) is 30.3 Å². The number of carbonyl (C=O) groups is 2. The van der Waals surface area contributed by atoms with Gasteiger partial charge in [0.25, 0.3) is 0 Å². The lowest BCUT2D eigenvalue weighted by molar-refractivity contribution is -0.140. The largest absolute Gasteiger partial charge is 0.469 e. The highest BCUT2D eigenvalue weighted by molar-refractivity contribution is 6.06. The number of aryl methyl sites for hydroxylation is 2. The molecule has 23 heavy (non-hydrogen) atoms. The molecule has 1 aromatic carbocycles. The van der Waals surface area contributed by atoms with Gasteiger partial charge in [-0.3, -0.25) is 14.3 Å². The first-order valence-corrected chi connectivity index (χ1v) is 7.41. The molecule has 0 spiro atoms. The minimum atomic E-state index is -0.270. The highest BCUT2D eigenvalue weighted by atomic mass is 16.5. The number of hydrogen-bond donors (Lipinski definition) is 0. The lowest BCUT2D eigenvalue weighted by Crippen LogP contribution is -2.09. The Morgan fingerprint density at radius 2 is 1.91 bits per heavy atom. The summed E-state index contributed by atoms with van der Waals surface area (Å²) in [7, 11) is 1.37. The fraction of sp³-hybridized carbons (Fsp3) is 0.278. The van der Waals surface area contributed by atoms with E-state index in [1.165, 1.54) is 7.11 Å². The highest BCUT2D eigenvalue weighted by Crippen LogP contribution is 2.16. The van der Waals surface area contributed by atoms with Crippen molar-refractivity contribution in [3.05, 3.63) is 58.9 Å². The molecule has 0 N–H and O–H groups in total. The van der Waals surface area contributed by atoms with Crippen LogP contribution < -0.4 is 0 Å². The molecule has 0 aliphatic rings. The third-order valence-electron chi connectivity index (χ3n) is 3.65. The number of nitrogens with zero attached hydrogens (tertiary/aromatic N) is 2. The summed E-state index contributed by atoms with van der Waals surface area (Å²) in [5, 5.41) is 4.41. The number of carbonyl (C=O) groups excluding carboxylic acids is 2. The van der Waals surface area contributed by atoms with Gasteiger partial charge < -0.3 is 4.74 Å². The van der Waals surface area contributed by atoms with Gasteiger partial charge in [0.2, 0.25) is 0 Å². The van der Waals surface area contributed by atoms with Gasteiger partial charge in [-0.15, -0.1) is 0 Å². The minimum absolute atomic E-state index is 0.0493. The first-order valence-electron chi connectivity index (χ1n) is 7.41. The number of methoxy groups -OCH3 is 1. The molecule has 1 heterocycles. The Hall–Kier alpha value is -2.69. The van der Waals surface area contributed by atoms with Crippen molar-refractivity contribution in [1.29, 1.82) is 0 Å². The van der Waals surface area contributed by atoms with E-state index in [-0.39, 0.29) is 18.2 Å². The third kappa shape index (κ3) is 4.16. The number of hydrogen-bond acceptors (Lipinski definition) is 4. The average molecular weight is 312 g/mol. The predicted molar refractivity (Wildman–Crippen MR) is 88.1 cm³/mol. The van der Waals surface area contributed by atoms with Crippen LogP contribution in [0.2, 0.25) is 0 Å². The molecule has 0 saturated heterocycles. The van der Waals surface area contributed by atoms with Gasteiger partial charge in [-0.05, 0) is 26.0 Å².